The van der Waals surface area contributed by atoms with E-state index in [4.69, 9.17) is 9.52 Å². The topological polar surface area (TPSA) is 123 Å². The normalized spacial score (nSPS) is 12.8. The van der Waals surface area contributed by atoms with Gasteiger partial charge in [-0.2, -0.15) is 0 Å². The lowest BCUT2D eigenvalue weighted by atomic mass is 10.1. The van der Waals surface area contributed by atoms with Crippen LogP contribution in [-0.4, -0.2) is 31.3 Å². The zero-order valence-electron chi connectivity index (χ0n) is 12.3. The fourth-order valence-corrected chi connectivity index (χ4v) is 2.75. The summed E-state index contributed by atoms with van der Waals surface area (Å²) >= 11 is 0. The molecule has 1 aromatic heterocycles. The Labute approximate surface area is 132 Å². The highest BCUT2D eigenvalue weighted by Gasteiger charge is 2.22. The van der Waals surface area contributed by atoms with Crippen molar-refractivity contribution in [2.24, 2.45) is 0 Å². The number of anilines is 1. The molecule has 0 aliphatic rings. The van der Waals surface area contributed by atoms with Gasteiger partial charge in [0.2, 0.25) is 0 Å². The Morgan fingerprint density at radius 3 is 2.65 bits per heavy atom. The molecule has 124 valence electrons. The molecule has 0 bridgehead atoms. The van der Waals surface area contributed by atoms with Gasteiger partial charge in [0, 0.05) is 18.9 Å². The SMILES string of the molecule is CS(=O)(=O)c1ccc(NC(CCO)c2ccco2)c([N+](=O)[O-])c1. The van der Waals surface area contributed by atoms with Crippen LogP contribution in [0.1, 0.15) is 18.2 Å². The van der Waals surface area contributed by atoms with Crippen LogP contribution in [0.3, 0.4) is 0 Å². The second-order valence-electron chi connectivity index (χ2n) is 4.93. The molecule has 0 aliphatic heterocycles. The molecule has 23 heavy (non-hydrogen) atoms. The van der Waals surface area contributed by atoms with Crippen LogP contribution in [0.2, 0.25) is 0 Å². The first-order valence-electron chi connectivity index (χ1n) is 6.72. The summed E-state index contributed by atoms with van der Waals surface area (Å²) in [5, 5.41) is 23.3. The summed E-state index contributed by atoms with van der Waals surface area (Å²) in [7, 11) is -3.55. The van der Waals surface area contributed by atoms with E-state index < -0.39 is 20.8 Å². The minimum atomic E-state index is -3.55. The van der Waals surface area contributed by atoms with Crippen molar-refractivity contribution in [1.82, 2.24) is 0 Å². The van der Waals surface area contributed by atoms with Gasteiger partial charge in [-0.15, -0.1) is 0 Å². The van der Waals surface area contributed by atoms with Crippen LogP contribution < -0.4 is 5.32 Å². The van der Waals surface area contributed by atoms with Crippen LogP contribution in [0.25, 0.3) is 0 Å². The minimum absolute atomic E-state index is 0.133. The molecule has 0 amide bonds. The second-order valence-corrected chi connectivity index (χ2v) is 6.95. The number of aliphatic hydroxyl groups excluding tert-OH is 1. The van der Waals surface area contributed by atoms with Crippen LogP contribution in [0, 0.1) is 10.1 Å². The molecule has 1 unspecified atom stereocenters. The average Bonchev–Trinajstić information content (AvgIpc) is 2.99. The smallest absolute Gasteiger partial charge is 0.293 e. The van der Waals surface area contributed by atoms with Gasteiger partial charge in [-0.25, -0.2) is 8.42 Å². The van der Waals surface area contributed by atoms with Crippen molar-refractivity contribution in [3.8, 4) is 0 Å². The maximum absolute atomic E-state index is 11.5. The van der Waals surface area contributed by atoms with E-state index in [1.54, 1.807) is 12.1 Å². The van der Waals surface area contributed by atoms with E-state index in [9.17, 15) is 18.5 Å². The Kier molecular flexibility index (Phi) is 5.02. The Bertz CT molecular complexity index is 786. The molecule has 0 aliphatic carbocycles. The van der Waals surface area contributed by atoms with Gasteiger partial charge in [0.1, 0.15) is 11.4 Å². The zero-order valence-corrected chi connectivity index (χ0v) is 13.1. The van der Waals surface area contributed by atoms with Crippen molar-refractivity contribution in [2.75, 3.05) is 18.2 Å². The van der Waals surface area contributed by atoms with Gasteiger partial charge in [0.05, 0.1) is 22.1 Å². The molecule has 1 aromatic carbocycles. The molecule has 9 heteroatoms. The molecule has 8 nitrogen and oxygen atoms in total. The van der Waals surface area contributed by atoms with E-state index in [-0.39, 0.29) is 29.3 Å². The first-order valence-corrected chi connectivity index (χ1v) is 8.61. The van der Waals surface area contributed by atoms with Crippen molar-refractivity contribution >= 4 is 21.2 Å². The minimum Gasteiger partial charge on any atom is -0.467 e. The van der Waals surface area contributed by atoms with Gasteiger partial charge in [-0.1, -0.05) is 0 Å². The lowest BCUT2D eigenvalue weighted by molar-refractivity contribution is -0.384. The summed E-state index contributed by atoms with van der Waals surface area (Å²) in [5.41, 5.74) is -0.209. The van der Waals surface area contributed by atoms with E-state index in [0.29, 0.717) is 5.76 Å². The van der Waals surface area contributed by atoms with Gasteiger partial charge in [-0.3, -0.25) is 10.1 Å². The van der Waals surface area contributed by atoms with Crippen molar-refractivity contribution in [2.45, 2.75) is 17.4 Å². The molecular formula is C14H16N2O6S. The Morgan fingerprint density at radius 2 is 2.13 bits per heavy atom. The third-order valence-corrected chi connectivity index (χ3v) is 4.34. The van der Waals surface area contributed by atoms with Crippen molar-refractivity contribution in [3.63, 3.8) is 0 Å². The molecule has 0 spiro atoms. The Hall–Kier alpha value is -2.39. The van der Waals surface area contributed by atoms with Gasteiger partial charge in [-0.05, 0) is 30.7 Å². The number of rotatable bonds is 7. The molecule has 1 atom stereocenters. The van der Waals surface area contributed by atoms with E-state index >= 15 is 0 Å². The average molecular weight is 340 g/mol. The lowest BCUT2D eigenvalue weighted by Gasteiger charge is -2.17. The van der Waals surface area contributed by atoms with E-state index in [2.05, 4.69) is 5.32 Å². The molecule has 1 heterocycles. The largest absolute Gasteiger partial charge is 0.467 e. The fraction of sp³-hybridized carbons (Fsp3) is 0.286. The van der Waals surface area contributed by atoms with Crippen LogP contribution in [0.4, 0.5) is 11.4 Å². The van der Waals surface area contributed by atoms with Crippen molar-refractivity contribution < 1.29 is 22.9 Å². The molecule has 0 fully saturated rings. The number of hydrogen-bond donors (Lipinski definition) is 2. The predicted molar refractivity (Wildman–Crippen MR) is 83.0 cm³/mol. The molecular weight excluding hydrogens is 324 g/mol. The first kappa shape index (κ1) is 17.0. The van der Waals surface area contributed by atoms with Crippen LogP contribution in [0.5, 0.6) is 0 Å². The third kappa shape index (κ3) is 4.08. The highest BCUT2D eigenvalue weighted by Crippen LogP contribution is 2.31. The quantitative estimate of drug-likeness (QED) is 0.584. The number of nitro groups is 1. The van der Waals surface area contributed by atoms with Gasteiger partial charge in [0.25, 0.3) is 5.69 Å². The number of sulfone groups is 1. The number of hydrogen-bond acceptors (Lipinski definition) is 7. The number of furan rings is 1. The summed E-state index contributed by atoms with van der Waals surface area (Å²) in [6.45, 7) is -0.145. The van der Waals surface area contributed by atoms with Crippen LogP contribution >= 0.6 is 0 Å². The number of nitrogens with zero attached hydrogens (tertiary/aromatic N) is 1. The molecule has 2 rings (SSSR count). The Balaban J connectivity index is 2.40. The van der Waals surface area contributed by atoms with E-state index in [0.717, 1.165) is 12.3 Å². The standard InChI is InChI=1S/C14H16N2O6S/c1-23(20,21)10-4-5-11(13(9-10)16(18)19)15-12(6-7-17)14-3-2-8-22-14/h2-5,8-9,12,15,17H,6-7H2,1H3. The Morgan fingerprint density at radius 1 is 1.39 bits per heavy atom. The van der Waals surface area contributed by atoms with Gasteiger partial charge < -0.3 is 14.8 Å². The highest BCUT2D eigenvalue weighted by molar-refractivity contribution is 7.90. The monoisotopic (exact) mass is 340 g/mol. The molecule has 0 radical (unpaired) electrons. The highest BCUT2D eigenvalue weighted by atomic mass is 32.2. The summed E-state index contributed by atoms with van der Waals surface area (Å²) in [4.78, 5) is 10.4. The summed E-state index contributed by atoms with van der Waals surface area (Å²) < 4.78 is 28.3. The number of nitro benzene ring substituents is 1. The number of benzene rings is 1. The van der Waals surface area contributed by atoms with Crippen LogP contribution in [-0.2, 0) is 9.84 Å². The summed E-state index contributed by atoms with van der Waals surface area (Å²) in [5.74, 6) is 0.514. The lowest BCUT2D eigenvalue weighted by Crippen LogP contribution is -2.13. The van der Waals surface area contributed by atoms with Gasteiger partial charge in [0.15, 0.2) is 9.84 Å². The second kappa shape index (κ2) is 6.80. The van der Waals surface area contributed by atoms with Crippen LogP contribution in [0.15, 0.2) is 45.9 Å². The van der Waals surface area contributed by atoms with Crippen molar-refractivity contribution in [1.29, 1.82) is 0 Å². The maximum Gasteiger partial charge on any atom is 0.293 e. The zero-order chi connectivity index (χ0) is 17.0. The third-order valence-electron chi connectivity index (χ3n) is 3.23. The number of nitrogens with one attached hydrogen (secondary N) is 1. The molecule has 2 N–H and O–H groups in total. The molecule has 2 aromatic rings. The maximum atomic E-state index is 11.5. The van der Waals surface area contributed by atoms with E-state index in [1.165, 1.54) is 18.4 Å². The van der Waals surface area contributed by atoms with Gasteiger partial charge >= 0.3 is 0 Å². The summed E-state index contributed by atoms with van der Waals surface area (Å²) in [6, 6.07) is 6.52. The van der Waals surface area contributed by atoms with Crippen molar-refractivity contribution in [3.05, 3.63) is 52.5 Å². The number of aliphatic hydroxyl groups is 1. The summed E-state index contributed by atoms with van der Waals surface area (Å²) in [6.07, 6.45) is 2.72. The fourth-order valence-electron chi connectivity index (χ4n) is 2.11. The molecule has 0 saturated carbocycles. The predicted octanol–water partition coefficient (Wildman–Crippen LogP) is 2.13. The van der Waals surface area contributed by atoms with E-state index in [1.807, 2.05) is 0 Å². The molecule has 0 saturated heterocycles. The first-order chi connectivity index (χ1) is 10.8.